The number of nitrogens with zero attached hydrogens (tertiary/aromatic N) is 2. The second kappa shape index (κ2) is 9.34. The quantitative estimate of drug-likeness (QED) is 0.777. The van der Waals surface area contributed by atoms with Crippen LogP contribution in [-0.4, -0.2) is 48.7 Å². The van der Waals surface area contributed by atoms with E-state index < -0.39 is 17.3 Å². The smallest absolute Gasteiger partial charge is 0.410 e. The van der Waals surface area contributed by atoms with Crippen LogP contribution in [0.2, 0.25) is 0 Å². The van der Waals surface area contributed by atoms with Gasteiger partial charge in [-0.05, 0) is 45.0 Å². The molecule has 0 atom stereocenters. The molecule has 1 saturated heterocycles. The highest BCUT2D eigenvalue weighted by molar-refractivity contribution is 6.05. The lowest BCUT2D eigenvalue weighted by molar-refractivity contribution is 0.0240. The summed E-state index contributed by atoms with van der Waals surface area (Å²) in [6, 6.07) is 11.3. The number of ether oxygens (including phenoxy) is 1. The number of halogens is 1. The van der Waals surface area contributed by atoms with Crippen molar-refractivity contribution in [2.24, 2.45) is 5.73 Å². The van der Waals surface area contributed by atoms with Gasteiger partial charge < -0.3 is 25.6 Å². The van der Waals surface area contributed by atoms with Crippen LogP contribution in [0.25, 0.3) is 0 Å². The molecule has 0 radical (unpaired) electrons. The minimum atomic E-state index is -0.580. The van der Waals surface area contributed by atoms with Crippen molar-refractivity contribution in [3.8, 4) is 0 Å². The SMILES string of the molecule is CC(C)(C)OC(=O)N1CCN(c2cccc(NC(=O)c3ccccc3F)c2CN)CC1. The molecular weight excluding hydrogens is 399 g/mol. The Morgan fingerprint density at radius 2 is 1.74 bits per heavy atom. The molecule has 2 aromatic carbocycles. The van der Waals surface area contributed by atoms with Crippen LogP contribution in [0.3, 0.4) is 0 Å². The molecule has 31 heavy (non-hydrogen) atoms. The molecule has 8 heteroatoms. The maximum atomic E-state index is 14.0. The van der Waals surface area contributed by atoms with Gasteiger partial charge in [0.2, 0.25) is 0 Å². The molecule has 0 aromatic heterocycles. The number of benzene rings is 2. The number of piperazine rings is 1. The van der Waals surface area contributed by atoms with Crippen LogP contribution in [0.15, 0.2) is 42.5 Å². The average molecular weight is 429 g/mol. The third-order valence-corrected chi connectivity index (χ3v) is 4.99. The van der Waals surface area contributed by atoms with E-state index in [2.05, 4.69) is 10.2 Å². The molecule has 0 saturated carbocycles. The number of anilines is 2. The molecule has 1 aliphatic heterocycles. The van der Waals surface area contributed by atoms with Crippen molar-refractivity contribution in [3.05, 3.63) is 59.4 Å². The first-order chi connectivity index (χ1) is 14.7. The Balaban J connectivity index is 1.73. The number of nitrogens with two attached hydrogens (primary N) is 1. The summed E-state index contributed by atoms with van der Waals surface area (Å²) in [5, 5.41) is 2.78. The van der Waals surface area contributed by atoms with Crippen molar-refractivity contribution in [1.82, 2.24) is 4.90 Å². The Morgan fingerprint density at radius 3 is 2.35 bits per heavy atom. The van der Waals surface area contributed by atoms with Gasteiger partial charge >= 0.3 is 6.09 Å². The number of rotatable bonds is 4. The lowest BCUT2D eigenvalue weighted by Gasteiger charge is -2.37. The number of amides is 2. The van der Waals surface area contributed by atoms with E-state index in [0.29, 0.717) is 31.9 Å². The predicted octanol–water partition coefficient (Wildman–Crippen LogP) is 3.59. The van der Waals surface area contributed by atoms with Gasteiger partial charge in [0.1, 0.15) is 11.4 Å². The highest BCUT2D eigenvalue weighted by atomic mass is 19.1. The summed E-state index contributed by atoms with van der Waals surface area (Å²) in [6.45, 7) is 7.99. The summed E-state index contributed by atoms with van der Waals surface area (Å²) in [6.07, 6.45) is -0.322. The zero-order valence-electron chi connectivity index (χ0n) is 18.2. The standard InChI is InChI=1S/C23H29FN4O3/c1-23(2,3)31-22(30)28-13-11-27(12-14-28)20-10-6-9-19(17(20)15-25)26-21(29)16-7-4-5-8-18(16)24/h4-10H,11-15,25H2,1-3H3,(H,26,29). The summed E-state index contributed by atoms with van der Waals surface area (Å²) in [5.74, 6) is -1.11. The van der Waals surface area contributed by atoms with E-state index in [4.69, 9.17) is 10.5 Å². The van der Waals surface area contributed by atoms with Crippen molar-refractivity contribution in [1.29, 1.82) is 0 Å². The van der Waals surface area contributed by atoms with Crippen molar-refractivity contribution >= 4 is 23.4 Å². The molecule has 1 aliphatic rings. The summed E-state index contributed by atoms with van der Waals surface area (Å²) < 4.78 is 19.4. The van der Waals surface area contributed by atoms with E-state index in [1.54, 1.807) is 17.0 Å². The van der Waals surface area contributed by atoms with Crippen molar-refractivity contribution in [3.63, 3.8) is 0 Å². The van der Waals surface area contributed by atoms with Crippen LogP contribution in [0.1, 0.15) is 36.7 Å². The summed E-state index contributed by atoms with van der Waals surface area (Å²) in [4.78, 5) is 28.7. The molecule has 3 rings (SSSR count). The lowest BCUT2D eigenvalue weighted by Crippen LogP contribution is -2.50. The van der Waals surface area contributed by atoms with Gasteiger partial charge in [0.25, 0.3) is 5.91 Å². The van der Waals surface area contributed by atoms with Crippen LogP contribution in [0.4, 0.5) is 20.6 Å². The Kier molecular flexibility index (Phi) is 6.80. The number of hydrogen-bond donors (Lipinski definition) is 2. The highest BCUT2D eigenvalue weighted by Crippen LogP contribution is 2.29. The van der Waals surface area contributed by atoms with Crippen molar-refractivity contribution < 1.29 is 18.7 Å². The number of nitrogens with one attached hydrogen (secondary N) is 1. The van der Waals surface area contributed by atoms with Gasteiger partial charge in [0.15, 0.2) is 0 Å². The molecule has 3 N–H and O–H groups in total. The Bertz CT molecular complexity index is 950. The molecule has 0 bridgehead atoms. The van der Waals surface area contributed by atoms with Crippen molar-refractivity contribution in [2.45, 2.75) is 32.9 Å². The maximum absolute atomic E-state index is 14.0. The van der Waals surface area contributed by atoms with E-state index >= 15 is 0 Å². The van der Waals surface area contributed by atoms with Gasteiger partial charge in [-0.3, -0.25) is 4.79 Å². The normalized spacial score (nSPS) is 14.4. The van der Waals surface area contributed by atoms with Crippen LogP contribution >= 0.6 is 0 Å². The topological polar surface area (TPSA) is 87.9 Å². The van der Waals surface area contributed by atoms with Crippen LogP contribution in [0, 0.1) is 5.82 Å². The van der Waals surface area contributed by atoms with Gasteiger partial charge in [-0.15, -0.1) is 0 Å². The third kappa shape index (κ3) is 5.52. The second-order valence-electron chi connectivity index (χ2n) is 8.40. The van der Waals surface area contributed by atoms with Gasteiger partial charge in [0, 0.05) is 49.7 Å². The number of carbonyl (C=O) groups excluding carboxylic acids is 2. The minimum Gasteiger partial charge on any atom is -0.444 e. The Morgan fingerprint density at radius 1 is 1.06 bits per heavy atom. The van der Waals surface area contributed by atoms with E-state index in [-0.39, 0.29) is 18.2 Å². The molecule has 166 valence electrons. The molecule has 2 aromatic rings. The summed E-state index contributed by atoms with van der Waals surface area (Å²) in [5.41, 5.74) is 7.64. The first-order valence-corrected chi connectivity index (χ1v) is 10.3. The second-order valence-corrected chi connectivity index (χ2v) is 8.40. The fraction of sp³-hybridized carbons (Fsp3) is 0.391. The van der Waals surface area contributed by atoms with Crippen molar-refractivity contribution in [2.75, 3.05) is 36.4 Å². The molecule has 1 fully saturated rings. The van der Waals surface area contributed by atoms with Gasteiger partial charge in [-0.2, -0.15) is 0 Å². The third-order valence-electron chi connectivity index (χ3n) is 4.99. The Hall–Kier alpha value is -3.13. The lowest BCUT2D eigenvalue weighted by atomic mass is 10.1. The molecular formula is C23H29FN4O3. The van der Waals surface area contributed by atoms with Crippen LogP contribution < -0.4 is 16.0 Å². The summed E-state index contributed by atoms with van der Waals surface area (Å²) in [7, 11) is 0. The van der Waals surface area contributed by atoms with Crippen LogP contribution in [0.5, 0.6) is 0 Å². The highest BCUT2D eigenvalue weighted by Gasteiger charge is 2.27. The van der Waals surface area contributed by atoms with Gasteiger partial charge in [-0.1, -0.05) is 18.2 Å². The average Bonchev–Trinajstić information content (AvgIpc) is 2.72. The first-order valence-electron chi connectivity index (χ1n) is 10.3. The molecule has 0 aliphatic carbocycles. The monoisotopic (exact) mass is 428 g/mol. The molecule has 2 amide bonds. The molecule has 0 spiro atoms. The van der Waals surface area contributed by atoms with Gasteiger partial charge in [-0.25, -0.2) is 9.18 Å². The van der Waals surface area contributed by atoms with Crippen LogP contribution in [-0.2, 0) is 11.3 Å². The van der Waals surface area contributed by atoms with E-state index in [1.807, 2.05) is 32.9 Å². The van der Waals surface area contributed by atoms with E-state index in [9.17, 15) is 14.0 Å². The fourth-order valence-electron chi connectivity index (χ4n) is 3.49. The fourth-order valence-corrected chi connectivity index (χ4v) is 3.49. The Labute approximate surface area is 182 Å². The summed E-state index contributed by atoms with van der Waals surface area (Å²) >= 11 is 0. The zero-order chi connectivity index (χ0) is 22.6. The van der Waals surface area contributed by atoms with E-state index in [0.717, 1.165) is 11.3 Å². The predicted molar refractivity (Wildman–Crippen MR) is 119 cm³/mol. The molecule has 7 nitrogen and oxygen atoms in total. The first kappa shape index (κ1) is 22.6. The van der Waals surface area contributed by atoms with E-state index in [1.165, 1.54) is 18.2 Å². The maximum Gasteiger partial charge on any atom is 0.410 e. The zero-order valence-corrected chi connectivity index (χ0v) is 18.2. The largest absolute Gasteiger partial charge is 0.444 e. The van der Waals surface area contributed by atoms with Gasteiger partial charge in [0.05, 0.1) is 5.56 Å². The molecule has 1 heterocycles. The number of hydrogen-bond acceptors (Lipinski definition) is 5. The number of carbonyl (C=O) groups is 2. The minimum absolute atomic E-state index is 0.0261. The molecule has 0 unspecified atom stereocenters.